The maximum atomic E-state index is 6.28. The molecule has 0 saturated heterocycles. The number of rotatable bonds is 6. The molecule has 0 heterocycles. The van der Waals surface area contributed by atoms with Gasteiger partial charge in [0, 0.05) is 0 Å². The van der Waals surface area contributed by atoms with Crippen LogP contribution in [-0.2, 0) is 0 Å². The van der Waals surface area contributed by atoms with Gasteiger partial charge in [-0.05, 0) is 0 Å². The molecule has 0 spiro atoms. The molecule has 33 heavy (non-hydrogen) atoms. The van der Waals surface area contributed by atoms with Crippen molar-refractivity contribution in [3.63, 3.8) is 0 Å². The van der Waals surface area contributed by atoms with E-state index >= 15 is 0 Å². The molecule has 0 saturated carbocycles. The summed E-state index contributed by atoms with van der Waals surface area (Å²) in [6.07, 6.45) is 0. The molecule has 0 amide bonds. The van der Waals surface area contributed by atoms with Crippen molar-refractivity contribution >= 4 is 101 Å². The fourth-order valence-corrected chi connectivity index (χ4v) is 29.1. The Bertz CT molecular complexity index is 1140. The fraction of sp³-hybridized carbons (Fsp3) is 0. The molecular formula is C26H18Cl2S4Sn. The summed E-state index contributed by atoms with van der Waals surface area (Å²) in [5, 5.41) is 1.42. The average Bonchev–Trinajstić information content (AvgIpc) is 2.84. The van der Waals surface area contributed by atoms with Gasteiger partial charge < -0.3 is 0 Å². The van der Waals surface area contributed by atoms with Gasteiger partial charge in [-0.15, -0.1) is 0 Å². The van der Waals surface area contributed by atoms with Crippen LogP contribution in [0, 0.1) is 0 Å². The minimum atomic E-state index is -3.87. The average molecular weight is 648 g/mol. The van der Waals surface area contributed by atoms with E-state index in [0.29, 0.717) is 10.0 Å². The van der Waals surface area contributed by atoms with Crippen LogP contribution in [0.5, 0.6) is 0 Å². The van der Waals surface area contributed by atoms with Gasteiger partial charge in [0.05, 0.1) is 0 Å². The zero-order valence-electron chi connectivity index (χ0n) is 17.3. The van der Waals surface area contributed by atoms with E-state index in [2.05, 4.69) is 48.5 Å². The van der Waals surface area contributed by atoms with Gasteiger partial charge in [0.1, 0.15) is 0 Å². The molecule has 0 aliphatic rings. The summed E-state index contributed by atoms with van der Waals surface area (Å²) in [5.41, 5.74) is 0. The Hall–Kier alpha value is -0.861. The zero-order valence-corrected chi connectivity index (χ0v) is 24.9. The van der Waals surface area contributed by atoms with Gasteiger partial charge in [0.15, 0.2) is 0 Å². The molecule has 0 atom stereocenters. The Morgan fingerprint density at radius 3 is 1.18 bits per heavy atom. The van der Waals surface area contributed by atoms with E-state index in [-0.39, 0.29) is 0 Å². The van der Waals surface area contributed by atoms with E-state index in [9.17, 15) is 0 Å². The summed E-state index contributed by atoms with van der Waals surface area (Å²) in [5.74, 6) is 0. The minimum absolute atomic E-state index is 0.708. The Balaban J connectivity index is 1.86. The molecular weight excluding hydrogens is 630 g/mol. The first-order chi connectivity index (χ1) is 16.0. The Morgan fingerprint density at radius 1 is 0.515 bits per heavy atom. The Kier molecular flexibility index (Phi) is 8.96. The van der Waals surface area contributed by atoms with E-state index in [1.165, 1.54) is 7.16 Å². The Morgan fingerprint density at radius 2 is 0.848 bits per heavy atom. The number of hydrogen-bond donors (Lipinski definition) is 0. The third-order valence-corrected chi connectivity index (χ3v) is 27.8. The summed E-state index contributed by atoms with van der Waals surface area (Å²) in [6, 6.07) is 36.8. The quantitative estimate of drug-likeness (QED) is 0.119. The summed E-state index contributed by atoms with van der Waals surface area (Å²) >= 11 is 24.2. The van der Waals surface area contributed by atoms with Crippen molar-refractivity contribution in [2.45, 2.75) is 9.79 Å². The summed E-state index contributed by atoms with van der Waals surface area (Å²) in [4.78, 5) is 2.13. The molecule has 0 bridgehead atoms. The Labute approximate surface area is 228 Å². The van der Waals surface area contributed by atoms with Gasteiger partial charge in [-0.25, -0.2) is 0 Å². The number of hydrogen-bond acceptors (Lipinski definition) is 4. The molecule has 164 valence electrons. The molecule has 0 fully saturated rings. The van der Waals surface area contributed by atoms with Gasteiger partial charge in [-0.2, -0.15) is 0 Å². The van der Waals surface area contributed by atoms with Crippen molar-refractivity contribution in [2.75, 3.05) is 0 Å². The summed E-state index contributed by atoms with van der Waals surface area (Å²) in [7, 11) is 0. The van der Waals surface area contributed by atoms with Gasteiger partial charge >= 0.3 is 230 Å². The number of thioether (sulfide) groups is 2. The van der Waals surface area contributed by atoms with E-state index < -0.39 is 18.4 Å². The van der Waals surface area contributed by atoms with Crippen LogP contribution in [0.4, 0.5) is 0 Å². The first-order valence-corrected chi connectivity index (χ1v) is 19.0. The van der Waals surface area contributed by atoms with Crippen molar-refractivity contribution in [3.8, 4) is 0 Å². The predicted octanol–water partition coefficient (Wildman–Crippen LogP) is 7.87. The van der Waals surface area contributed by atoms with E-state index in [1.807, 2.05) is 60.7 Å². The van der Waals surface area contributed by atoms with Crippen LogP contribution in [0.25, 0.3) is 0 Å². The number of thiocarbonyl (C=S) groups is 2. The van der Waals surface area contributed by atoms with Crippen LogP contribution in [0.1, 0.15) is 0 Å². The second kappa shape index (κ2) is 11.7. The molecule has 4 aromatic carbocycles. The van der Waals surface area contributed by atoms with Gasteiger partial charge in [0.2, 0.25) is 0 Å². The van der Waals surface area contributed by atoms with Crippen molar-refractivity contribution in [2.24, 2.45) is 0 Å². The molecule has 4 aromatic rings. The molecule has 0 aromatic heterocycles. The van der Waals surface area contributed by atoms with Crippen LogP contribution in [0.15, 0.2) is 119 Å². The number of halogens is 2. The SMILES string of the molecule is S=[C](Sc1ccc(Cl)cc1)[Sn]([C](=S)Sc1ccc(Cl)cc1)([c]1ccccc1)[c]1ccccc1. The second-order valence-corrected chi connectivity index (χ2v) is 26.1. The fourth-order valence-electron chi connectivity index (χ4n) is 3.47. The topological polar surface area (TPSA) is 0 Å². The molecule has 0 radical (unpaired) electrons. The van der Waals surface area contributed by atoms with E-state index in [1.54, 1.807) is 23.5 Å². The van der Waals surface area contributed by atoms with Gasteiger partial charge in [-0.1, -0.05) is 0 Å². The van der Waals surface area contributed by atoms with Gasteiger partial charge in [-0.3, -0.25) is 0 Å². The van der Waals surface area contributed by atoms with Gasteiger partial charge in [0.25, 0.3) is 0 Å². The molecule has 0 N–H and O–H groups in total. The third kappa shape index (κ3) is 5.87. The van der Waals surface area contributed by atoms with Crippen molar-refractivity contribution in [1.29, 1.82) is 0 Å². The molecule has 4 rings (SSSR count). The third-order valence-electron chi connectivity index (χ3n) is 5.07. The number of benzene rings is 4. The van der Waals surface area contributed by atoms with Crippen LogP contribution in [-0.4, -0.2) is 22.8 Å². The van der Waals surface area contributed by atoms with Crippen LogP contribution in [0.2, 0.25) is 10.0 Å². The summed E-state index contributed by atoms with van der Waals surface area (Å²) in [6.45, 7) is 0. The first-order valence-electron chi connectivity index (χ1n) is 10.1. The molecule has 7 heteroatoms. The maximum absolute atomic E-state index is 6.28. The predicted molar refractivity (Wildman–Crippen MR) is 158 cm³/mol. The zero-order chi connectivity index (χ0) is 23.3. The van der Waals surface area contributed by atoms with E-state index in [0.717, 1.165) is 14.2 Å². The monoisotopic (exact) mass is 648 g/mol. The van der Waals surface area contributed by atoms with E-state index in [4.69, 9.17) is 47.6 Å². The van der Waals surface area contributed by atoms with Crippen molar-refractivity contribution < 1.29 is 0 Å². The van der Waals surface area contributed by atoms with Crippen LogP contribution >= 0.6 is 71.2 Å². The normalized spacial score (nSPS) is 11.2. The summed E-state index contributed by atoms with van der Waals surface area (Å²) < 4.78 is 4.43. The van der Waals surface area contributed by atoms with Crippen LogP contribution in [0.3, 0.4) is 0 Å². The van der Waals surface area contributed by atoms with Crippen molar-refractivity contribution in [1.82, 2.24) is 0 Å². The second-order valence-electron chi connectivity index (χ2n) is 7.17. The molecule has 0 aliphatic carbocycles. The first kappa shape index (κ1) is 25.2. The molecule has 0 aliphatic heterocycles. The van der Waals surface area contributed by atoms with Crippen molar-refractivity contribution in [3.05, 3.63) is 119 Å². The molecule has 0 nitrogen and oxygen atoms in total. The molecule has 0 unspecified atom stereocenters. The van der Waals surface area contributed by atoms with Crippen LogP contribution < -0.4 is 7.16 Å². The standard InChI is InChI=1S/2C7H4ClS2.2C6H5.Sn/c2*8-6-1-3-7(4-2-6)10-5-9;2*1-2-4-6-5-3-1;/h2*1-4H;2*1-5H;.